The Labute approximate surface area is 186 Å². The van der Waals surface area contributed by atoms with Crippen LogP contribution in [0.5, 0.6) is 5.75 Å². The zero-order valence-corrected chi connectivity index (χ0v) is 19.9. The Balaban J connectivity index is 1.91. The fraction of sp³-hybridized carbons (Fsp3) is 0.739. The van der Waals surface area contributed by atoms with Crippen LogP contribution in [-0.4, -0.2) is 46.3 Å². The molecule has 0 heterocycles. The second kappa shape index (κ2) is 9.02. The molecule has 0 saturated heterocycles. The van der Waals surface area contributed by atoms with Crippen LogP contribution in [0.25, 0.3) is 0 Å². The standard InChI is InChI=1S/C23H34F3NO3S/c1-21(2,3)31(28)27(4)20-19-14-18(30-13-12-23(24,25)26)7-6-16(19)15-22(20)10-8-17(29-5)9-11-22/h6-7,14,17,20H,8-13,15H2,1-5H3. The molecule has 0 N–H and O–H groups in total. The molecular formula is C23H34F3NO3S. The van der Waals surface area contributed by atoms with Crippen LogP contribution in [0, 0.1) is 5.41 Å². The van der Waals surface area contributed by atoms with Crippen molar-refractivity contribution in [1.29, 1.82) is 0 Å². The average molecular weight is 462 g/mol. The molecule has 2 aliphatic rings. The van der Waals surface area contributed by atoms with E-state index in [0.29, 0.717) is 5.75 Å². The second-order valence-electron chi connectivity index (χ2n) is 9.86. The van der Waals surface area contributed by atoms with Gasteiger partial charge in [0.15, 0.2) is 0 Å². The number of ether oxygens (including phenoxy) is 2. The van der Waals surface area contributed by atoms with Gasteiger partial charge in [0.1, 0.15) is 16.7 Å². The molecule has 0 aromatic heterocycles. The lowest BCUT2D eigenvalue weighted by Crippen LogP contribution is -2.45. The van der Waals surface area contributed by atoms with Crippen molar-refractivity contribution in [2.45, 2.75) is 82.4 Å². The van der Waals surface area contributed by atoms with E-state index in [1.807, 2.05) is 44.3 Å². The van der Waals surface area contributed by atoms with Crippen LogP contribution in [0.2, 0.25) is 0 Å². The van der Waals surface area contributed by atoms with Gasteiger partial charge in [0.25, 0.3) is 0 Å². The summed E-state index contributed by atoms with van der Waals surface area (Å²) in [5, 5.41) is 0. The second-order valence-corrected chi connectivity index (χ2v) is 12.2. The van der Waals surface area contributed by atoms with E-state index in [0.717, 1.165) is 37.7 Å². The van der Waals surface area contributed by atoms with E-state index in [4.69, 9.17) is 9.47 Å². The number of hydrogen-bond acceptors (Lipinski definition) is 3. The van der Waals surface area contributed by atoms with Gasteiger partial charge >= 0.3 is 6.18 Å². The summed E-state index contributed by atoms with van der Waals surface area (Å²) in [6, 6.07) is 5.51. The van der Waals surface area contributed by atoms with Crippen molar-refractivity contribution >= 4 is 11.0 Å². The molecule has 0 amide bonds. The Morgan fingerprint density at radius 2 is 1.84 bits per heavy atom. The third kappa shape index (κ3) is 5.45. The third-order valence-electron chi connectivity index (χ3n) is 6.60. The number of halogens is 3. The van der Waals surface area contributed by atoms with E-state index in [9.17, 15) is 17.4 Å². The van der Waals surface area contributed by atoms with Gasteiger partial charge < -0.3 is 9.47 Å². The molecule has 2 atom stereocenters. The summed E-state index contributed by atoms with van der Waals surface area (Å²) in [7, 11) is 2.42. The lowest BCUT2D eigenvalue weighted by atomic mass is 9.68. The summed E-state index contributed by atoms with van der Waals surface area (Å²) in [5.41, 5.74) is 2.14. The zero-order valence-electron chi connectivity index (χ0n) is 19.1. The Kier molecular flexibility index (Phi) is 7.14. The molecule has 2 aliphatic carbocycles. The van der Waals surface area contributed by atoms with Crippen LogP contribution in [0.3, 0.4) is 0 Å². The van der Waals surface area contributed by atoms with Crippen molar-refractivity contribution in [3.8, 4) is 5.75 Å². The Morgan fingerprint density at radius 1 is 1.19 bits per heavy atom. The topological polar surface area (TPSA) is 38.8 Å². The minimum atomic E-state index is -4.24. The molecule has 3 rings (SSSR count). The van der Waals surface area contributed by atoms with Gasteiger partial charge in [-0.3, -0.25) is 0 Å². The lowest BCUT2D eigenvalue weighted by Gasteiger charge is -2.45. The highest BCUT2D eigenvalue weighted by Crippen LogP contribution is 2.57. The fourth-order valence-electron chi connectivity index (χ4n) is 5.13. The summed E-state index contributed by atoms with van der Waals surface area (Å²) in [5.74, 6) is 0.436. The van der Waals surface area contributed by atoms with E-state index in [2.05, 4.69) is 0 Å². The predicted octanol–water partition coefficient (Wildman–Crippen LogP) is 5.58. The third-order valence-corrected chi connectivity index (χ3v) is 8.38. The first-order chi connectivity index (χ1) is 14.4. The molecule has 0 bridgehead atoms. The number of nitrogens with zero attached hydrogens (tertiary/aromatic N) is 1. The maximum absolute atomic E-state index is 13.3. The average Bonchev–Trinajstić information content (AvgIpc) is 2.98. The minimum Gasteiger partial charge on any atom is -0.493 e. The molecule has 1 fully saturated rings. The van der Waals surface area contributed by atoms with Crippen molar-refractivity contribution in [3.63, 3.8) is 0 Å². The van der Waals surface area contributed by atoms with Gasteiger partial charge in [-0.05, 0) is 81.5 Å². The maximum Gasteiger partial charge on any atom is 0.392 e. The molecule has 4 nitrogen and oxygen atoms in total. The van der Waals surface area contributed by atoms with Gasteiger partial charge in [-0.1, -0.05) is 6.07 Å². The highest BCUT2D eigenvalue weighted by molar-refractivity contribution is 7.84. The Bertz CT molecular complexity index is 798. The van der Waals surface area contributed by atoms with Gasteiger partial charge in [0.05, 0.1) is 29.9 Å². The number of hydrogen-bond donors (Lipinski definition) is 0. The molecule has 1 aromatic carbocycles. The van der Waals surface area contributed by atoms with Crippen LogP contribution >= 0.6 is 0 Å². The summed E-state index contributed by atoms with van der Waals surface area (Å²) in [4.78, 5) is 0. The Hall–Kier alpha value is -1.12. The van der Waals surface area contributed by atoms with Crippen molar-refractivity contribution in [2.75, 3.05) is 20.8 Å². The van der Waals surface area contributed by atoms with Gasteiger partial charge in [0, 0.05) is 14.2 Å². The first-order valence-corrected chi connectivity index (χ1v) is 12.0. The predicted molar refractivity (Wildman–Crippen MR) is 116 cm³/mol. The van der Waals surface area contributed by atoms with Crippen LogP contribution < -0.4 is 4.74 Å². The molecule has 1 aromatic rings. The molecule has 0 radical (unpaired) electrons. The zero-order chi connectivity index (χ0) is 23.0. The van der Waals surface area contributed by atoms with Crippen molar-refractivity contribution in [1.82, 2.24) is 4.31 Å². The van der Waals surface area contributed by atoms with E-state index >= 15 is 0 Å². The van der Waals surface area contributed by atoms with Crippen LogP contribution in [0.4, 0.5) is 13.2 Å². The SMILES string of the molecule is COC1CCC2(CC1)Cc1ccc(OCCC(F)(F)F)cc1C2N(C)S(=O)C(C)(C)C. The van der Waals surface area contributed by atoms with E-state index in [1.165, 1.54) is 5.56 Å². The van der Waals surface area contributed by atoms with Crippen LogP contribution in [-0.2, 0) is 22.1 Å². The van der Waals surface area contributed by atoms with Gasteiger partial charge in [-0.15, -0.1) is 0 Å². The van der Waals surface area contributed by atoms with E-state index < -0.39 is 34.9 Å². The summed E-state index contributed by atoms with van der Waals surface area (Å²) >= 11 is 0. The number of rotatable bonds is 6. The first-order valence-electron chi connectivity index (χ1n) is 10.9. The van der Waals surface area contributed by atoms with E-state index in [-0.39, 0.29) is 17.6 Å². The Morgan fingerprint density at radius 3 is 2.39 bits per heavy atom. The molecule has 1 spiro atoms. The monoisotopic (exact) mass is 461 g/mol. The number of fused-ring (bicyclic) bond motifs is 1. The summed E-state index contributed by atoms with van der Waals surface area (Å²) in [6.45, 7) is 5.47. The first kappa shape index (κ1) is 24.5. The molecular weight excluding hydrogens is 427 g/mol. The summed E-state index contributed by atoms with van der Waals surface area (Å²) < 4.78 is 63.4. The minimum absolute atomic E-state index is 0.0579. The van der Waals surface area contributed by atoms with Gasteiger partial charge in [-0.2, -0.15) is 13.2 Å². The van der Waals surface area contributed by atoms with Crippen LogP contribution in [0.1, 0.15) is 70.0 Å². The lowest BCUT2D eigenvalue weighted by molar-refractivity contribution is -0.139. The molecule has 31 heavy (non-hydrogen) atoms. The smallest absolute Gasteiger partial charge is 0.392 e. The van der Waals surface area contributed by atoms with E-state index in [1.54, 1.807) is 13.2 Å². The van der Waals surface area contributed by atoms with Crippen molar-refractivity contribution < 1.29 is 26.9 Å². The van der Waals surface area contributed by atoms with Crippen molar-refractivity contribution in [3.05, 3.63) is 29.3 Å². The van der Waals surface area contributed by atoms with Gasteiger partial charge in [0.2, 0.25) is 0 Å². The normalized spacial score (nSPS) is 27.5. The maximum atomic E-state index is 13.3. The highest BCUT2D eigenvalue weighted by Gasteiger charge is 2.51. The van der Waals surface area contributed by atoms with Gasteiger partial charge in [-0.25, -0.2) is 8.51 Å². The molecule has 0 aliphatic heterocycles. The number of methoxy groups -OCH3 is 1. The molecule has 1 saturated carbocycles. The highest BCUT2D eigenvalue weighted by atomic mass is 32.2. The quantitative estimate of drug-likeness (QED) is 0.555. The number of benzene rings is 1. The largest absolute Gasteiger partial charge is 0.493 e. The molecule has 8 heteroatoms. The van der Waals surface area contributed by atoms with Crippen molar-refractivity contribution in [2.24, 2.45) is 5.41 Å². The molecule has 176 valence electrons. The number of alkyl halides is 3. The summed E-state index contributed by atoms with van der Waals surface area (Å²) in [6.07, 6.45) is -0.288. The van der Waals surface area contributed by atoms with Crippen LogP contribution in [0.15, 0.2) is 18.2 Å². The fourth-order valence-corrected chi connectivity index (χ4v) is 6.52. The molecule has 2 unspecified atom stereocenters.